The lowest BCUT2D eigenvalue weighted by Crippen LogP contribution is -2.45. The zero-order valence-electron chi connectivity index (χ0n) is 15.4. The van der Waals surface area contributed by atoms with Gasteiger partial charge in [0.1, 0.15) is 0 Å². The van der Waals surface area contributed by atoms with Crippen LogP contribution in [0.4, 0.5) is 5.69 Å². The van der Waals surface area contributed by atoms with Gasteiger partial charge < -0.3 is 14.7 Å². The fourth-order valence-electron chi connectivity index (χ4n) is 3.39. The van der Waals surface area contributed by atoms with Crippen LogP contribution in [-0.2, 0) is 14.8 Å². The molecule has 2 aliphatic heterocycles. The third kappa shape index (κ3) is 4.82. The van der Waals surface area contributed by atoms with Gasteiger partial charge in [0.25, 0.3) is 0 Å². The number of hydrogen-bond acceptors (Lipinski definition) is 5. The van der Waals surface area contributed by atoms with Crippen molar-refractivity contribution in [1.29, 1.82) is 0 Å². The van der Waals surface area contributed by atoms with Crippen molar-refractivity contribution in [3.05, 3.63) is 24.3 Å². The molecule has 2 heterocycles. The van der Waals surface area contributed by atoms with Crippen LogP contribution in [0.5, 0.6) is 0 Å². The maximum Gasteiger partial charge on any atom is 0.240 e. The Hall–Kier alpha value is -1.48. The molecular formula is C18H28N4O3S. The summed E-state index contributed by atoms with van der Waals surface area (Å²) in [6, 6.07) is 6.57. The Morgan fingerprint density at radius 1 is 1.04 bits per heavy atom. The van der Waals surface area contributed by atoms with Crippen LogP contribution in [0.1, 0.15) is 19.3 Å². The Balaban J connectivity index is 1.47. The molecule has 0 spiro atoms. The second-order valence-corrected chi connectivity index (χ2v) is 8.81. The molecule has 0 atom stereocenters. The van der Waals surface area contributed by atoms with Gasteiger partial charge in [-0.2, -0.15) is 0 Å². The van der Waals surface area contributed by atoms with Crippen molar-refractivity contribution in [2.45, 2.75) is 24.2 Å². The molecule has 1 aromatic rings. The van der Waals surface area contributed by atoms with Gasteiger partial charge in [0.2, 0.25) is 15.9 Å². The molecular weight excluding hydrogens is 352 g/mol. The average Bonchev–Trinajstić information content (AvgIpc) is 3.06. The highest BCUT2D eigenvalue weighted by atomic mass is 32.2. The molecule has 0 aliphatic carbocycles. The van der Waals surface area contributed by atoms with E-state index in [2.05, 4.69) is 21.6 Å². The van der Waals surface area contributed by atoms with Crippen molar-refractivity contribution in [3.63, 3.8) is 0 Å². The third-order valence-corrected chi connectivity index (χ3v) is 6.55. The van der Waals surface area contributed by atoms with Crippen molar-refractivity contribution < 1.29 is 13.2 Å². The minimum absolute atomic E-state index is 0.0997. The smallest absolute Gasteiger partial charge is 0.240 e. The lowest BCUT2D eigenvalue weighted by molar-refractivity contribution is -0.117. The van der Waals surface area contributed by atoms with E-state index in [1.54, 1.807) is 29.2 Å². The molecule has 0 saturated carbocycles. The highest BCUT2D eigenvalue weighted by molar-refractivity contribution is 7.89. The van der Waals surface area contributed by atoms with Crippen LogP contribution >= 0.6 is 0 Å². The van der Waals surface area contributed by atoms with Crippen LogP contribution in [0, 0.1) is 0 Å². The lowest BCUT2D eigenvalue weighted by atomic mass is 10.3. The number of amides is 1. The van der Waals surface area contributed by atoms with E-state index in [4.69, 9.17) is 0 Å². The zero-order chi connectivity index (χ0) is 18.6. The van der Waals surface area contributed by atoms with Crippen LogP contribution in [0.2, 0.25) is 0 Å². The summed E-state index contributed by atoms with van der Waals surface area (Å²) in [6.45, 7) is 6.26. The Morgan fingerprint density at radius 2 is 1.73 bits per heavy atom. The molecule has 7 nitrogen and oxygen atoms in total. The predicted octanol–water partition coefficient (Wildman–Crippen LogP) is 0.729. The molecule has 0 bridgehead atoms. The Bertz CT molecular complexity index is 712. The number of likely N-dealkylation sites (N-methyl/N-ethyl adjacent to an activating group) is 1. The molecule has 2 fully saturated rings. The van der Waals surface area contributed by atoms with E-state index < -0.39 is 10.0 Å². The quantitative estimate of drug-likeness (QED) is 0.706. The Morgan fingerprint density at radius 3 is 2.35 bits per heavy atom. The molecule has 0 radical (unpaired) electrons. The van der Waals surface area contributed by atoms with E-state index in [9.17, 15) is 13.2 Å². The molecule has 3 rings (SSSR count). The minimum Gasteiger partial charge on any atom is -0.312 e. The van der Waals surface area contributed by atoms with Gasteiger partial charge in [0.05, 0.1) is 4.90 Å². The van der Waals surface area contributed by atoms with Crippen molar-refractivity contribution >= 4 is 21.6 Å². The summed E-state index contributed by atoms with van der Waals surface area (Å²) in [5.74, 6) is 0.0997. The lowest BCUT2D eigenvalue weighted by Gasteiger charge is -2.32. The summed E-state index contributed by atoms with van der Waals surface area (Å²) in [4.78, 5) is 18.4. The number of piperazine rings is 1. The maximum atomic E-state index is 12.4. The number of carbonyl (C=O) groups is 1. The van der Waals surface area contributed by atoms with Gasteiger partial charge in [-0.25, -0.2) is 13.1 Å². The predicted molar refractivity (Wildman–Crippen MR) is 102 cm³/mol. The van der Waals surface area contributed by atoms with E-state index in [0.29, 0.717) is 19.5 Å². The summed E-state index contributed by atoms with van der Waals surface area (Å²) < 4.78 is 27.5. The largest absolute Gasteiger partial charge is 0.312 e. The molecule has 26 heavy (non-hydrogen) atoms. The highest BCUT2D eigenvalue weighted by Crippen LogP contribution is 2.22. The van der Waals surface area contributed by atoms with Gasteiger partial charge >= 0.3 is 0 Å². The van der Waals surface area contributed by atoms with E-state index in [1.807, 2.05) is 0 Å². The Kier molecular flexibility index (Phi) is 6.29. The summed E-state index contributed by atoms with van der Waals surface area (Å²) in [7, 11) is -1.38. The topological polar surface area (TPSA) is 73.0 Å². The summed E-state index contributed by atoms with van der Waals surface area (Å²) in [5.41, 5.74) is 0.765. The fourth-order valence-corrected chi connectivity index (χ4v) is 4.46. The standard InChI is InChI=1S/C18H28N4O3S/c1-20-12-14-21(15-13-20)10-3-9-19-26(24,25)17-7-5-16(6-8-17)22-11-2-4-18(22)23/h5-8,19H,2-4,9-15H2,1H3. The number of benzene rings is 1. The van der Waals surface area contributed by atoms with Crippen molar-refractivity contribution in [2.24, 2.45) is 0 Å². The molecule has 1 amide bonds. The first-order valence-electron chi connectivity index (χ1n) is 9.27. The number of rotatable bonds is 7. The van der Waals surface area contributed by atoms with Gasteiger partial charge in [-0.15, -0.1) is 0 Å². The van der Waals surface area contributed by atoms with Gasteiger partial charge in [0.15, 0.2) is 0 Å². The molecule has 2 aliphatic rings. The van der Waals surface area contributed by atoms with Gasteiger partial charge in [-0.3, -0.25) is 4.79 Å². The fraction of sp³-hybridized carbons (Fsp3) is 0.611. The Labute approximate surface area is 156 Å². The number of nitrogens with zero attached hydrogens (tertiary/aromatic N) is 3. The second kappa shape index (κ2) is 8.47. The van der Waals surface area contributed by atoms with Crippen LogP contribution in [0.3, 0.4) is 0 Å². The molecule has 8 heteroatoms. The van der Waals surface area contributed by atoms with Gasteiger partial charge in [0, 0.05) is 51.4 Å². The minimum atomic E-state index is -3.51. The number of hydrogen-bond donors (Lipinski definition) is 1. The van der Waals surface area contributed by atoms with Gasteiger partial charge in [-0.05, 0) is 50.7 Å². The van der Waals surface area contributed by atoms with Gasteiger partial charge in [-0.1, -0.05) is 0 Å². The van der Waals surface area contributed by atoms with Crippen LogP contribution < -0.4 is 9.62 Å². The van der Waals surface area contributed by atoms with Crippen LogP contribution in [-0.4, -0.2) is 77.0 Å². The first-order valence-corrected chi connectivity index (χ1v) is 10.7. The second-order valence-electron chi connectivity index (χ2n) is 7.04. The van der Waals surface area contributed by atoms with Crippen molar-refractivity contribution in [1.82, 2.24) is 14.5 Å². The van der Waals surface area contributed by atoms with Crippen LogP contribution in [0.25, 0.3) is 0 Å². The number of carbonyl (C=O) groups excluding carboxylic acids is 1. The molecule has 0 unspecified atom stereocenters. The first kappa shape index (κ1) is 19.3. The normalized spacial score (nSPS) is 20.0. The summed E-state index contributed by atoms with van der Waals surface area (Å²) in [6.07, 6.45) is 2.21. The third-order valence-electron chi connectivity index (χ3n) is 5.07. The molecule has 1 N–H and O–H groups in total. The SMILES string of the molecule is CN1CCN(CCCNS(=O)(=O)c2ccc(N3CCCC3=O)cc2)CC1. The van der Waals surface area contributed by atoms with Crippen molar-refractivity contribution in [2.75, 3.05) is 57.8 Å². The number of anilines is 1. The molecule has 2 saturated heterocycles. The van der Waals surface area contributed by atoms with E-state index in [1.165, 1.54) is 0 Å². The van der Waals surface area contributed by atoms with Crippen LogP contribution in [0.15, 0.2) is 29.2 Å². The number of nitrogens with one attached hydrogen (secondary N) is 1. The maximum absolute atomic E-state index is 12.4. The van der Waals surface area contributed by atoms with E-state index in [0.717, 1.165) is 51.3 Å². The highest BCUT2D eigenvalue weighted by Gasteiger charge is 2.22. The molecule has 0 aromatic heterocycles. The molecule has 1 aromatic carbocycles. The average molecular weight is 381 g/mol. The molecule has 144 valence electrons. The number of sulfonamides is 1. The summed E-state index contributed by atoms with van der Waals surface area (Å²) in [5, 5.41) is 0. The van der Waals surface area contributed by atoms with E-state index in [-0.39, 0.29) is 10.8 Å². The van der Waals surface area contributed by atoms with Crippen molar-refractivity contribution in [3.8, 4) is 0 Å². The summed E-state index contributed by atoms with van der Waals surface area (Å²) >= 11 is 0. The monoisotopic (exact) mass is 380 g/mol. The zero-order valence-corrected chi connectivity index (χ0v) is 16.2. The van der Waals surface area contributed by atoms with E-state index >= 15 is 0 Å². The first-order chi connectivity index (χ1) is 12.5.